The summed E-state index contributed by atoms with van der Waals surface area (Å²) in [5.41, 5.74) is 3.10. The van der Waals surface area contributed by atoms with Crippen molar-refractivity contribution in [2.45, 2.75) is 30.4 Å². The second kappa shape index (κ2) is 7.37. The maximum atomic E-state index is 12.3. The number of Topliss-reactive ketones (excluding diaryl/α,β-unsaturated/α-hetero) is 1. The van der Waals surface area contributed by atoms with Crippen LogP contribution >= 0.6 is 11.8 Å². The van der Waals surface area contributed by atoms with Crippen LogP contribution < -0.4 is 5.32 Å². The van der Waals surface area contributed by atoms with Crippen molar-refractivity contribution in [1.29, 1.82) is 0 Å². The van der Waals surface area contributed by atoms with E-state index in [2.05, 4.69) is 5.32 Å². The quantitative estimate of drug-likeness (QED) is 0.645. The Balaban J connectivity index is 1.57. The lowest BCUT2D eigenvalue weighted by atomic mass is 10.1. The molecule has 1 aliphatic heterocycles. The minimum Gasteiger partial charge on any atom is -0.457 e. The highest BCUT2D eigenvalue weighted by Crippen LogP contribution is 2.36. The first-order valence-corrected chi connectivity index (χ1v) is 9.13. The third kappa shape index (κ3) is 3.67. The van der Waals surface area contributed by atoms with Crippen molar-refractivity contribution in [2.24, 2.45) is 7.05 Å². The highest BCUT2D eigenvalue weighted by atomic mass is 32.2. The van der Waals surface area contributed by atoms with Crippen LogP contribution in [0.25, 0.3) is 0 Å². The monoisotopic (exact) mass is 372 g/mol. The van der Waals surface area contributed by atoms with Gasteiger partial charge in [0.1, 0.15) is 0 Å². The van der Waals surface area contributed by atoms with E-state index in [0.29, 0.717) is 5.56 Å². The highest BCUT2D eigenvalue weighted by Gasteiger charge is 2.29. The van der Waals surface area contributed by atoms with Gasteiger partial charge in [-0.2, -0.15) is 0 Å². The number of esters is 1. The normalized spacial score (nSPS) is 16.0. The lowest BCUT2D eigenvalue weighted by molar-refractivity contribution is -0.143. The molecule has 1 aromatic heterocycles. The number of benzene rings is 1. The smallest absolute Gasteiger partial charge is 0.307 e. The van der Waals surface area contributed by atoms with E-state index < -0.39 is 11.2 Å². The summed E-state index contributed by atoms with van der Waals surface area (Å²) in [6.45, 7) is 3.44. The molecule has 0 bridgehead atoms. The first-order valence-electron chi connectivity index (χ1n) is 8.25. The van der Waals surface area contributed by atoms with Gasteiger partial charge in [0, 0.05) is 28.9 Å². The molecule has 1 aromatic carbocycles. The Morgan fingerprint density at radius 2 is 2.00 bits per heavy atom. The maximum Gasteiger partial charge on any atom is 0.307 e. The van der Waals surface area contributed by atoms with Crippen molar-refractivity contribution in [3.63, 3.8) is 0 Å². The minimum atomic E-state index is -0.562. The first-order chi connectivity index (χ1) is 12.4. The van der Waals surface area contributed by atoms with Crippen molar-refractivity contribution in [3.05, 3.63) is 47.3 Å². The van der Waals surface area contributed by atoms with Gasteiger partial charge >= 0.3 is 5.97 Å². The number of aryl methyl sites for hydroxylation is 1. The molecule has 6 nitrogen and oxygen atoms in total. The third-order valence-corrected chi connectivity index (χ3v) is 5.77. The maximum absolute atomic E-state index is 12.3. The minimum absolute atomic E-state index is 0.0785. The fourth-order valence-corrected chi connectivity index (χ4v) is 3.89. The van der Waals surface area contributed by atoms with E-state index in [9.17, 15) is 14.4 Å². The van der Waals surface area contributed by atoms with Gasteiger partial charge in [-0.3, -0.25) is 14.4 Å². The number of para-hydroxylation sites is 1. The number of ether oxygens (including phenoxy) is 1. The van der Waals surface area contributed by atoms with Gasteiger partial charge in [-0.05, 0) is 32.0 Å². The number of carbonyl (C=O) groups is 3. The number of nitrogens with zero attached hydrogens (tertiary/aromatic N) is 1. The van der Waals surface area contributed by atoms with E-state index >= 15 is 0 Å². The standard InChI is InChI=1S/C19H20N2O4S/c1-11-8-13(12(2)21(11)3)15(22)10-25-18(23)9-17-19(24)20-14-6-4-5-7-16(14)26-17/h4-8,17H,9-10H2,1-3H3,(H,20,24)/t17-/m1/s1. The van der Waals surface area contributed by atoms with Gasteiger partial charge in [0.25, 0.3) is 0 Å². The molecule has 0 fully saturated rings. The number of hydrogen-bond acceptors (Lipinski definition) is 5. The summed E-state index contributed by atoms with van der Waals surface area (Å²) in [6.07, 6.45) is -0.0785. The molecule has 1 amide bonds. The Morgan fingerprint density at radius 1 is 1.27 bits per heavy atom. The zero-order chi connectivity index (χ0) is 18.8. The van der Waals surface area contributed by atoms with Crippen molar-refractivity contribution >= 4 is 35.1 Å². The molecule has 1 N–H and O–H groups in total. The van der Waals surface area contributed by atoms with Crippen LogP contribution in [0, 0.1) is 13.8 Å². The Morgan fingerprint density at radius 3 is 2.69 bits per heavy atom. The Hall–Kier alpha value is -2.54. The Kier molecular flexibility index (Phi) is 5.18. The van der Waals surface area contributed by atoms with Crippen molar-refractivity contribution < 1.29 is 19.1 Å². The molecular formula is C19H20N2O4S. The predicted molar refractivity (Wildman–Crippen MR) is 99.5 cm³/mol. The Bertz CT molecular complexity index is 888. The van der Waals surface area contributed by atoms with E-state index in [1.54, 1.807) is 6.07 Å². The summed E-state index contributed by atoms with van der Waals surface area (Å²) in [6, 6.07) is 9.21. The Labute approximate surface area is 155 Å². The van der Waals surface area contributed by atoms with Gasteiger partial charge in [-0.15, -0.1) is 11.8 Å². The summed E-state index contributed by atoms with van der Waals surface area (Å²) < 4.78 is 7.02. The second-order valence-corrected chi connectivity index (χ2v) is 7.47. The summed E-state index contributed by atoms with van der Waals surface area (Å²) >= 11 is 1.33. The van der Waals surface area contributed by atoms with Crippen LogP contribution in [-0.2, 0) is 21.4 Å². The van der Waals surface area contributed by atoms with Crippen LogP contribution in [0.15, 0.2) is 35.2 Å². The number of fused-ring (bicyclic) bond motifs is 1. The van der Waals surface area contributed by atoms with Crippen LogP contribution in [0.1, 0.15) is 28.2 Å². The molecule has 2 aromatic rings. The molecule has 26 heavy (non-hydrogen) atoms. The number of anilines is 1. The molecule has 0 saturated carbocycles. The van der Waals surface area contributed by atoms with Crippen LogP contribution in [0.5, 0.6) is 0 Å². The summed E-state index contributed by atoms with van der Waals surface area (Å²) in [7, 11) is 1.88. The van der Waals surface area contributed by atoms with Crippen molar-refractivity contribution in [3.8, 4) is 0 Å². The van der Waals surface area contributed by atoms with Gasteiger partial charge in [0.15, 0.2) is 6.61 Å². The zero-order valence-electron chi connectivity index (χ0n) is 14.9. The summed E-state index contributed by atoms with van der Waals surface area (Å²) in [4.78, 5) is 37.4. The van der Waals surface area contributed by atoms with Crippen LogP contribution in [0.2, 0.25) is 0 Å². The van der Waals surface area contributed by atoms with Gasteiger partial charge in [0.2, 0.25) is 11.7 Å². The third-order valence-electron chi connectivity index (χ3n) is 4.50. The van der Waals surface area contributed by atoms with E-state index in [1.807, 2.05) is 49.7 Å². The fourth-order valence-electron chi connectivity index (χ4n) is 2.80. The summed E-state index contributed by atoms with van der Waals surface area (Å²) in [5.74, 6) is -1.03. The molecule has 3 rings (SSSR count). The number of aromatic nitrogens is 1. The molecule has 0 spiro atoms. The van der Waals surface area contributed by atoms with Crippen LogP contribution in [0.4, 0.5) is 5.69 Å². The molecule has 2 heterocycles. The molecular weight excluding hydrogens is 352 g/mol. The van der Waals surface area contributed by atoms with Crippen LogP contribution in [0.3, 0.4) is 0 Å². The van der Waals surface area contributed by atoms with E-state index in [1.165, 1.54) is 11.8 Å². The number of rotatable bonds is 5. The molecule has 7 heteroatoms. The fraction of sp³-hybridized carbons (Fsp3) is 0.316. The molecule has 1 atom stereocenters. The lowest BCUT2D eigenvalue weighted by Crippen LogP contribution is -2.31. The first kappa shape index (κ1) is 18.3. The second-order valence-electron chi connectivity index (χ2n) is 6.22. The number of ketones is 1. The molecule has 0 unspecified atom stereocenters. The van der Waals surface area contributed by atoms with Gasteiger partial charge in [0.05, 0.1) is 17.4 Å². The number of thioether (sulfide) groups is 1. The molecule has 0 radical (unpaired) electrons. The lowest BCUT2D eigenvalue weighted by Gasteiger charge is -2.23. The predicted octanol–water partition coefficient (Wildman–Crippen LogP) is 2.87. The molecule has 1 aliphatic rings. The van der Waals surface area contributed by atoms with E-state index in [-0.39, 0.29) is 24.7 Å². The number of carbonyl (C=O) groups excluding carboxylic acids is 3. The average molecular weight is 372 g/mol. The largest absolute Gasteiger partial charge is 0.457 e. The average Bonchev–Trinajstić information content (AvgIpc) is 2.88. The van der Waals surface area contributed by atoms with Crippen molar-refractivity contribution in [1.82, 2.24) is 4.57 Å². The van der Waals surface area contributed by atoms with Gasteiger partial charge < -0.3 is 14.6 Å². The van der Waals surface area contributed by atoms with E-state index in [0.717, 1.165) is 22.0 Å². The van der Waals surface area contributed by atoms with Gasteiger partial charge in [-0.1, -0.05) is 12.1 Å². The van der Waals surface area contributed by atoms with E-state index in [4.69, 9.17) is 4.74 Å². The number of nitrogens with one attached hydrogen (secondary N) is 1. The van der Waals surface area contributed by atoms with Crippen LogP contribution in [-0.4, -0.2) is 34.1 Å². The highest BCUT2D eigenvalue weighted by molar-refractivity contribution is 8.01. The topological polar surface area (TPSA) is 77.4 Å². The molecule has 0 saturated heterocycles. The zero-order valence-corrected chi connectivity index (χ0v) is 15.7. The van der Waals surface area contributed by atoms with Gasteiger partial charge in [-0.25, -0.2) is 0 Å². The molecule has 136 valence electrons. The van der Waals surface area contributed by atoms with Crippen molar-refractivity contribution in [2.75, 3.05) is 11.9 Å². The summed E-state index contributed by atoms with van der Waals surface area (Å²) in [5, 5.41) is 2.22. The SMILES string of the molecule is Cc1cc(C(=O)COC(=O)C[C@H]2Sc3ccccc3NC2=O)c(C)n1C. The molecule has 0 aliphatic carbocycles. The number of hydrogen-bond donors (Lipinski definition) is 1. The number of amides is 1.